The zero-order valence-electron chi connectivity index (χ0n) is 16.2. The van der Waals surface area contributed by atoms with Crippen LogP contribution in [-0.4, -0.2) is 52.8 Å². The van der Waals surface area contributed by atoms with Crippen molar-refractivity contribution in [2.75, 3.05) is 18.4 Å². The van der Waals surface area contributed by atoms with Crippen molar-refractivity contribution < 1.29 is 24.3 Å². The number of carboxylic acids is 1. The monoisotopic (exact) mass is 389 g/mol. The maximum absolute atomic E-state index is 12.2. The number of anilines is 1. The van der Waals surface area contributed by atoms with Gasteiger partial charge < -0.3 is 20.6 Å². The van der Waals surface area contributed by atoms with Crippen molar-refractivity contribution in [1.29, 1.82) is 0 Å². The second kappa shape index (κ2) is 9.87. The Balaban J connectivity index is 1.71. The minimum absolute atomic E-state index is 0.0140. The first kappa shape index (κ1) is 21.4. The van der Waals surface area contributed by atoms with Crippen molar-refractivity contribution in [3.63, 3.8) is 0 Å². The van der Waals surface area contributed by atoms with Crippen LogP contribution in [0.5, 0.6) is 0 Å². The molecule has 0 saturated carbocycles. The maximum Gasteiger partial charge on any atom is 0.306 e. The third-order valence-corrected chi connectivity index (χ3v) is 4.85. The molecule has 2 rings (SSSR count). The largest absolute Gasteiger partial charge is 0.481 e. The standard InChI is InChI=1S/C20H27N3O5/c1-13-3-5-16(6-4-13)22-19(26)14(2)21-17(24)7-8-18(25)23-11-9-15(10-12-23)20(27)28/h3-6,14-15H,7-12H2,1-2H3,(H,21,24)(H,22,26)(H,27,28)/t14-/m0/s1. The van der Waals surface area contributed by atoms with Gasteiger partial charge in [0, 0.05) is 31.6 Å². The molecule has 0 aromatic heterocycles. The van der Waals surface area contributed by atoms with E-state index in [1.54, 1.807) is 24.0 Å². The Bertz CT molecular complexity index is 724. The number of aliphatic carboxylic acids is 1. The first-order valence-electron chi connectivity index (χ1n) is 9.43. The molecule has 3 N–H and O–H groups in total. The van der Waals surface area contributed by atoms with Crippen LogP contribution in [-0.2, 0) is 19.2 Å². The van der Waals surface area contributed by atoms with E-state index in [4.69, 9.17) is 5.11 Å². The molecule has 28 heavy (non-hydrogen) atoms. The van der Waals surface area contributed by atoms with E-state index in [1.165, 1.54) is 0 Å². The molecular weight excluding hydrogens is 362 g/mol. The summed E-state index contributed by atoms with van der Waals surface area (Å²) in [6.45, 7) is 4.32. The molecule has 0 radical (unpaired) electrons. The van der Waals surface area contributed by atoms with Gasteiger partial charge in [-0.15, -0.1) is 0 Å². The number of benzene rings is 1. The molecule has 1 aliphatic rings. The Morgan fingerprint density at radius 1 is 1.11 bits per heavy atom. The summed E-state index contributed by atoms with van der Waals surface area (Å²) in [7, 11) is 0. The fourth-order valence-corrected chi connectivity index (χ4v) is 3.02. The molecule has 1 fully saturated rings. The number of rotatable bonds is 7. The third-order valence-electron chi connectivity index (χ3n) is 4.85. The van der Waals surface area contributed by atoms with Crippen LogP contribution in [0.2, 0.25) is 0 Å². The molecule has 0 bridgehead atoms. The van der Waals surface area contributed by atoms with E-state index < -0.39 is 17.9 Å². The Labute approximate surface area is 164 Å². The van der Waals surface area contributed by atoms with Gasteiger partial charge in [-0.25, -0.2) is 0 Å². The molecule has 1 aliphatic heterocycles. The van der Waals surface area contributed by atoms with Gasteiger partial charge in [-0.2, -0.15) is 0 Å². The van der Waals surface area contributed by atoms with E-state index in [1.807, 2.05) is 19.1 Å². The number of nitrogens with one attached hydrogen (secondary N) is 2. The van der Waals surface area contributed by atoms with Gasteiger partial charge in [0.1, 0.15) is 6.04 Å². The molecule has 0 unspecified atom stereocenters. The highest BCUT2D eigenvalue weighted by atomic mass is 16.4. The Hall–Kier alpha value is -2.90. The van der Waals surface area contributed by atoms with Gasteiger partial charge in [0.15, 0.2) is 0 Å². The van der Waals surface area contributed by atoms with Gasteiger partial charge in [-0.05, 0) is 38.8 Å². The average Bonchev–Trinajstić information content (AvgIpc) is 2.67. The van der Waals surface area contributed by atoms with Crippen molar-refractivity contribution >= 4 is 29.4 Å². The molecule has 1 atom stereocenters. The van der Waals surface area contributed by atoms with E-state index in [-0.39, 0.29) is 30.6 Å². The highest BCUT2D eigenvalue weighted by molar-refractivity contribution is 5.97. The van der Waals surface area contributed by atoms with Crippen molar-refractivity contribution in [2.45, 2.75) is 45.6 Å². The number of hydrogen-bond donors (Lipinski definition) is 3. The van der Waals surface area contributed by atoms with Crippen molar-refractivity contribution in [3.8, 4) is 0 Å². The SMILES string of the molecule is Cc1ccc(NC(=O)[C@H](C)NC(=O)CCC(=O)N2CCC(C(=O)O)CC2)cc1. The van der Waals surface area contributed by atoms with Gasteiger partial charge in [0.05, 0.1) is 5.92 Å². The van der Waals surface area contributed by atoms with Crippen LogP contribution in [0.3, 0.4) is 0 Å². The molecule has 1 heterocycles. The van der Waals surface area contributed by atoms with Gasteiger partial charge >= 0.3 is 5.97 Å². The number of likely N-dealkylation sites (tertiary alicyclic amines) is 1. The average molecular weight is 389 g/mol. The van der Waals surface area contributed by atoms with Crippen molar-refractivity contribution in [2.24, 2.45) is 5.92 Å². The summed E-state index contributed by atoms with van der Waals surface area (Å²) in [4.78, 5) is 48.9. The van der Waals surface area contributed by atoms with E-state index in [0.717, 1.165) is 5.56 Å². The lowest BCUT2D eigenvalue weighted by atomic mass is 9.97. The first-order valence-corrected chi connectivity index (χ1v) is 9.43. The number of carbonyl (C=O) groups is 4. The number of hydrogen-bond acceptors (Lipinski definition) is 4. The predicted octanol–water partition coefficient (Wildman–Crippen LogP) is 1.54. The second-order valence-corrected chi connectivity index (χ2v) is 7.14. The molecule has 0 spiro atoms. The van der Waals surface area contributed by atoms with E-state index in [0.29, 0.717) is 31.6 Å². The van der Waals surface area contributed by atoms with Crippen LogP contribution in [0.4, 0.5) is 5.69 Å². The lowest BCUT2D eigenvalue weighted by molar-refractivity contribution is -0.145. The molecule has 0 aliphatic carbocycles. The quantitative estimate of drug-likeness (QED) is 0.654. The molecule has 1 aromatic rings. The van der Waals surface area contributed by atoms with Gasteiger partial charge in [0.25, 0.3) is 0 Å². The summed E-state index contributed by atoms with van der Waals surface area (Å²) in [6.07, 6.45) is 0.892. The third kappa shape index (κ3) is 6.37. The number of carbonyl (C=O) groups excluding carboxylic acids is 3. The minimum Gasteiger partial charge on any atom is -0.481 e. The van der Waals surface area contributed by atoms with Crippen LogP contribution in [0.15, 0.2) is 24.3 Å². The maximum atomic E-state index is 12.2. The summed E-state index contributed by atoms with van der Waals surface area (Å²) in [5, 5.41) is 14.3. The van der Waals surface area contributed by atoms with Crippen LogP contribution in [0.1, 0.15) is 38.2 Å². The highest BCUT2D eigenvalue weighted by Crippen LogP contribution is 2.18. The number of piperidine rings is 1. The van der Waals surface area contributed by atoms with Gasteiger partial charge in [-0.3, -0.25) is 19.2 Å². The van der Waals surface area contributed by atoms with Crippen LogP contribution < -0.4 is 10.6 Å². The lowest BCUT2D eigenvalue weighted by Crippen LogP contribution is -2.43. The second-order valence-electron chi connectivity index (χ2n) is 7.14. The van der Waals surface area contributed by atoms with E-state index >= 15 is 0 Å². The summed E-state index contributed by atoms with van der Waals surface area (Å²) < 4.78 is 0. The Kier molecular flexibility index (Phi) is 7.54. The predicted molar refractivity (Wildman–Crippen MR) is 104 cm³/mol. The smallest absolute Gasteiger partial charge is 0.306 e. The van der Waals surface area contributed by atoms with Crippen LogP contribution in [0.25, 0.3) is 0 Å². The molecule has 1 saturated heterocycles. The summed E-state index contributed by atoms with van der Waals surface area (Å²) in [5.74, 6) is -2.11. The van der Waals surface area contributed by atoms with Crippen molar-refractivity contribution in [3.05, 3.63) is 29.8 Å². The fraction of sp³-hybridized carbons (Fsp3) is 0.500. The topological polar surface area (TPSA) is 116 Å². The molecule has 1 aromatic carbocycles. The minimum atomic E-state index is -0.829. The van der Waals surface area contributed by atoms with Gasteiger partial charge in [0.2, 0.25) is 17.7 Å². The molecule has 152 valence electrons. The van der Waals surface area contributed by atoms with E-state index in [2.05, 4.69) is 10.6 Å². The number of carboxylic acid groups (broad SMARTS) is 1. The number of amides is 3. The fourth-order valence-electron chi connectivity index (χ4n) is 3.02. The van der Waals surface area contributed by atoms with Gasteiger partial charge in [-0.1, -0.05) is 17.7 Å². The summed E-state index contributed by atoms with van der Waals surface area (Å²) in [5.41, 5.74) is 1.73. The molecular formula is C20H27N3O5. The van der Waals surface area contributed by atoms with Crippen LogP contribution in [0, 0.1) is 12.8 Å². The normalized spacial score (nSPS) is 15.6. The molecule has 8 heteroatoms. The Morgan fingerprint density at radius 2 is 1.71 bits per heavy atom. The number of nitrogens with zero attached hydrogens (tertiary/aromatic N) is 1. The zero-order chi connectivity index (χ0) is 20.7. The van der Waals surface area contributed by atoms with Crippen molar-refractivity contribution in [1.82, 2.24) is 10.2 Å². The molecule has 3 amide bonds. The van der Waals surface area contributed by atoms with E-state index in [9.17, 15) is 19.2 Å². The summed E-state index contributed by atoms with van der Waals surface area (Å²) >= 11 is 0. The zero-order valence-corrected chi connectivity index (χ0v) is 16.2. The lowest BCUT2D eigenvalue weighted by Gasteiger charge is -2.30. The Morgan fingerprint density at radius 3 is 2.29 bits per heavy atom. The summed E-state index contributed by atoms with van der Waals surface area (Å²) in [6, 6.07) is 6.60. The highest BCUT2D eigenvalue weighted by Gasteiger charge is 2.27. The van der Waals surface area contributed by atoms with Crippen LogP contribution >= 0.6 is 0 Å². The molecule has 8 nitrogen and oxygen atoms in total. The first-order chi connectivity index (χ1) is 13.3. The number of aryl methyl sites for hydroxylation is 1.